The maximum atomic E-state index is 4.32. The molecule has 0 aliphatic carbocycles. The van der Waals surface area contributed by atoms with Crippen LogP contribution in [0.2, 0.25) is 0 Å². The lowest BCUT2D eigenvalue weighted by molar-refractivity contribution is 0.713. The Labute approximate surface area is 118 Å². The number of aliphatic imine (C=N–C) groups is 1. The highest BCUT2D eigenvalue weighted by atomic mass is 14.7. The summed E-state index contributed by atoms with van der Waals surface area (Å²) < 4.78 is 0. The normalized spacial score (nSPS) is 11.7. The molecule has 0 spiro atoms. The summed E-state index contributed by atoms with van der Waals surface area (Å²) in [4.78, 5) is 4.32. The lowest BCUT2D eigenvalue weighted by atomic mass is 9.92. The summed E-state index contributed by atoms with van der Waals surface area (Å²) in [6, 6.07) is 4.67. The van der Waals surface area contributed by atoms with Crippen molar-refractivity contribution in [1.29, 1.82) is 0 Å². The number of hydrogen-bond donors (Lipinski definition) is 0. The van der Waals surface area contributed by atoms with Crippen molar-refractivity contribution in [3.8, 4) is 0 Å². The van der Waals surface area contributed by atoms with E-state index in [-0.39, 0.29) is 0 Å². The molecule has 0 saturated heterocycles. The third kappa shape index (κ3) is 4.34. The Bertz CT molecular complexity index is 455. The molecule has 0 N–H and O–H groups in total. The minimum Gasteiger partial charge on any atom is -0.262 e. The molecule has 0 unspecified atom stereocenters. The van der Waals surface area contributed by atoms with Gasteiger partial charge < -0.3 is 0 Å². The zero-order chi connectivity index (χ0) is 14.3. The van der Waals surface area contributed by atoms with Crippen molar-refractivity contribution in [2.45, 2.75) is 59.8 Å². The third-order valence-electron chi connectivity index (χ3n) is 3.65. The number of benzene rings is 1. The van der Waals surface area contributed by atoms with Crippen molar-refractivity contribution in [2.75, 3.05) is 0 Å². The van der Waals surface area contributed by atoms with Crippen LogP contribution in [-0.2, 0) is 12.8 Å². The Hall–Kier alpha value is -1.37. The van der Waals surface area contributed by atoms with Crippen LogP contribution in [0.1, 0.15) is 62.3 Å². The predicted molar refractivity (Wildman–Crippen MR) is 86.2 cm³/mol. The number of hydrogen-bond acceptors (Lipinski definition) is 1. The molecule has 0 aliphatic heterocycles. The number of aryl methyl sites for hydroxylation is 3. The van der Waals surface area contributed by atoms with Gasteiger partial charge in [0.15, 0.2) is 0 Å². The smallest absolute Gasteiger partial charge is 0.0447 e. The molecular weight excluding hydrogens is 230 g/mol. The summed E-state index contributed by atoms with van der Waals surface area (Å²) in [5.74, 6) is 0. The highest BCUT2D eigenvalue weighted by Crippen LogP contribution is 2.20. The molecule has 1 aromatic carbocycles. The van der Waals surface area contributed by atoms with Crippen LogP contribution in [0.3, 0.4) is 0 Å². The van der Waals surface area contributed by atoms with Gasteiger partial charge in [-0.25, -0.2) is 0 Å². The molecule has 0 heterocycles. The van der Waals surface area contributed by atoms with Crippen molar-refractivity contribution in [1.82, 2.24) is 0 Å². The molecule has 1 nitrogen and oxygen atoms in total. The van der Waals surface area contributed by atoms with Gasteiger partial charge in [-0.3, -0.25) is 4.99 Å². The van der Waals surface area contributed by atoms with Gasteiger partial charge in [0.05, 0.1) is 0 Å². The van der Waals surface area contributed by atoms with Gasteiger partial charge in [-0.2, -0.15) is 0 Å². The van der Waals surface area contributed by atoms with E-state index in [1.807, 2.05) is 0 Å². The Morgan fingerprint density at radius 3 is 2.53 bits per heavy atom. The Balaban J connectivity index is 3.06. The summed E-state index contributed by atoms with van der Waals surface area (Å²) in [7, 11) is 0. The average molecular weight is 257 g/mol. The minimum atomic E-state index is 1.06. The number of unbranched alkanes of at least 4 members (excludes halogenated alkanes) is 2. The van der Waals surface area contributed by atoms with Crippen LogP contribution >= 0.6 is 0 Å². The highest BCUT2D eigenvalue weighted by molar-refractivity contribution is 6.00. The van der Waals surface area contributed by atoms with E-state index in [0.717, 1.165) is 12.1 Å². The molecule has 1 aromatic rings. The van der Waals surface area contributed by atoms with Gasteiger partial charge in [-0.15, -0.1) is 0 Å². The molecule has 0 aromatic heterocycles. The summed E-state index contributed by atoms with van der Waals surface area (Å²) in [6.07, 6.45) is 7.81. The van der Waals surface area contributed by atoms with E-state index in [1.54, 1.807) is 6.20 Å². The fourth-order valence-corrected chi connectivity index (χ4v) is 2.54. The number of rotatable bonds is 7. The Morgan fingerprint density at radius 2 is 1.95 bits per heavy atom. The van der Waals surface area contributed by atoms with Gasteiger partial charge in [0.2, 0.25) is 0 Å². The van der Waals surface area contributed by atoms with Gasteiger partial charge >= 0.3 is 0 Å². The van der Waals surface area contributed by atoms with Crippen LogP contribution in [-0.4, -0.2) is 5.71 Å². The SMILES string of the molecule is C=C/N=C(/C)c1cc(CC)c(CCCCC)cc1C. The Kier molecular flexibility index (Phi) is 6.55. The zero-order valence-corrected chi connectivity index (χ0v) is 12.9. The lowest BCUT2D eigenvalue weighted by Crippen LogP contribution is -2.03. The van der Waals surface area contributed by atoms with Gasteiger partial charge in [-0.05, 0) is 61.4 Å². The van der Waals surface area contributed by atoms with Crippen LogP contribution < -0.4 is 0 Å². The van der Waals surface area contributed by atoms with E-state index >= 15 is 0 Å². The maximum absolute atomic E-state index is 4.32. The second-order valence-corrected chi connectivity index (χ2v) is 5.14. The standard InChI is InChI=1S/C18H27N/c1-6-9-10-11-17-12-14(4)18(13-16(17)7-2)15(5)19-8-3/h8,12-13H,3,6-7,9-11H2,1-2,4-5H3/b19-15-. The van der Waals surface area contributed by atoms with Crippen LogP contribution in [0.4, 0.5) is 0 Å². The zero-order valence-electron chi connectivity index (χ0n) is 12.9. The fraction of sp³-hybridized carbons (Fsp3) is 0.500. The van der Waals surface area contributed by atoms with Gasteiger partial charge in [0, 0.05) is 11.9 Å². The maximum Gasteiger partial charge on any atom is 0.0447 e. The van der Waals surface area contributed by atoms with Gasteiger partial charge in [-0.1, -0.05) is 39.3 Å². The number of nitrogens with zero attached hydrogens (tertiary/aromatic N) is 1. The largest absolute Gasteiger partial charge is 0.262 e. The summed E-state index contributed by atoms with van der Waals surface area (Å²) in [5, 5.41) is 0. The van der Waals surface area contributed by atoms with Gasteiger partial charge in [0.25, 0.3) is 0 Å². The monoisotopic (exact) mass is 257 g/mol. The molecule has 0 aliphatic rings. The minimum absolute atomic E-state index is 1.06. The van der Waals surface area contributed by atoms with Crippen molar-refractivity contribution in [3.63, 3.8) is 0 Å². The lowest BCUT2D eigenvalue weighted by Gasteiger charge is -2.13. The molecule has 0 amide bonds. The van der Waals surface area contributed by atoms with Crippen LogP contribution in [0.15, 0.2) is 29.9 Å². The van der Waals surface area contributed by atoms with Crippen molar-refractivity contribution >= 4 is 5.71 Å². The summed E-state index contributed by atoms with van der Waals surface area (Å²) in [5.41, 5.74) is 6.63. The van der Waals surface area contributed by atoms with Crippen molar-refractivity contribution in [3.05, 3.63) is 47.2 Å². The molecule has 0 atom stereocenters. The predicted octanol–water partition coefficient (Wildman–Crippen LogP) is 5.24. The van der Waals surface area contributed by atoms with Crippen LogP contribution in [0, 0.1) is 6.92 Å². The van der Waals surface area contributed by atoms with Crippen LogP contribution in [0.5, 0.6) is 0 Å². The first-order valence-corrected chi connectivity index (χ1v) is 7.42. The second-order valence-electron chi connectivity index (χ2n) is 5.14. The first kappa shape index (κ1) is 15.7. The fourth-order valence-electron chi connectivity index (χ4n) is 2.54. The van der Waals surface area contributed by atoms with E-state index < -0.39 is 0 Å². The summed E-state index contributed by atoms with van der Waals surface area (Å²) in [6.45, 7) is 12.4. The second kappa shape index (κ2) is 7.93. The molecule has 19 heavy (non-hydrogen) atoms. The summed E-state index contributed by atoms with van der Waals surface area (Å²) >= 11 is 0. The molecule has 104 valence electrons. The van der Waals surface area contributed by atoms with Crippen molar-refractivity contribution < 1.29 is 0 Å². The van der Waals surface area contributed by atoms with Crippen molar-refractivity contribution in [2.24, 2.45) is 4.99 Å². The molecule has 0 fully saturated rings. The first-order valence-electron chi connectivity index (χ1n) is 7.42. The quantitative estimate of drug-likeness (QED) is 0.468. The van der Waals surface area contributed by atoms with E-state index in [1.165, 1.54) is 47.9 Å². The molecular formula is C18H27N. The molecule has 1 heteroatoms. The highest BCUT2D eigenvalue weighted by Gasteiger charge is 2.08. The van der Waals surface area contributed by atoms with Gasteiger partial charge in [0.1, 0.15) is 0 Å². The molecule has 1 rings (SSSR count). The van der Waals surface area contributed by atoms with E-state index in [4.69, 9.17) is 0 Å². The average Bonchev–Trinajstić information content (AvgIpc) is 2.39. The molecule has 0 radical (unpaired) electrons. The van der Waals surface area contributed by atoms with E-state index in [9.17, 15) is 0 Å². The van der Waals surface area contributed by atoms with E-state index in [0.29, 0.717) is 0 Å². The van der Waals surface area contributed by atoms with E-state index in [2.05, 4.69) is 51.4 Å². The topological polar surface area (TPSA) is 12.4 Å². The third-order valence-corrected chi connectivity index (χ3v) is 3.65. The molecule has 0 saturated carbocycles. The molecule has 0 bridgehead atoms. The first-order chi connectivity index (χ1) is 9.13. The van der Waals surface area contributed by atoms with Crippen LogP contribution in [0.25, 0.3) is 0 Å². The Morgan fingerprint density at radius 1 is 1.21 bits per heavy atom.